The molecule has 0 radical (unpaired) electrons. The van der Waals surface area contributed by atoms with Gasteiger partial charge in [0.05, 0.1) is 16.5 Å². The summed E-state index contributed by atoms with van der Waals surface area (Å²) in [7, 11) is 0. The number of aryl methyl sites for hydroxylation is 1. The van der Waals surface area contributed by atoms with E-state index in [1.807, 2.05) is 43.1 Å². The van der Waals surface area contributed by atoms with Crippen molar-refractivity contribution in [3.8, 4) is 27.1 Å². The number of anilines is 1. The van der Waals surface area contributed by atoms with Crippen LogP contribution in [0.2, 0.25) is 0 Å². The first-order chi connectivity index (χ1) is 12.7. The molecule has 3 aromatic rings. The number of aromatic nitrogens is 1. The van der Waals surface area contributed by atoms with Crippen molar-refractivity contribution in [1.82, 2.24) is 4.98 Å². The topological polar surface area (TPSA) is 39.9 Å². The molecule has 0 aliphatic carbocycles. The molecule has 4 rings (SSSR count). The Morgan fingerprint density at radius 2 is 1.85 bits per heavy atom. The zero-order valence-corrected chi connectivity index (χ0v) is 16.2. The van der Waals surface area contributed by atoms with Crippen LogP contribution in [0, 0.1) is 18.3 Å². The van der Waals surface area contributed by atoms with Gasteiger partial charge >= 0.3 is 0 Å². The van der Waals surface area contributed by atoms with Crippen LogP contribution in [0.25, 0.3) is 21.0 Å². The minimum atomic E-state index is 0.684. The van der Waals surface area contributed by atoms with Crippen molar-refractivity contribution in [1.29, 1.82) is 5.26 Å². The van der Waals surface area contributed by atoms with Crippen molar-refractivity contribution in [2.24, 2.45) is 0 Å². The fourth-order valence-electron chi connectivity index (χ4n) is 3.13. The smallest absolute Gasteiger partial charge is 0.125 e. The summed E-state index contributed by atoms with van der Waals surface area (Å²) in [5, 5.41) is 10.3. The number of nitriles is 1. The summed E-state index contributed by atoms with van der Waals surface area (Å²) in [5.74, 6) is 2.41. The number of hydrogen-bond acceptors (Lipinski definition) is 5. The van der Waals surface area contributed by atoms with E-state index in [-0.39, 0.29) is 0 Å². The predicted molar refractivity (Wildman–Crippen MR) is 112 cm³/mol. The van der Waals surface area contributed by atoms with Gasteiger partial charge in [-0.2, -0.15) is 17.0 Å². The third kappa shape index (κ3) is 3.48. The molecule has 0 atom stereocenters. The number of nitrogens with zero attached hydrogens (tertiary/aromatic N) is 3. The second-order valence-corrected chi connectivity index (χ2v) is 8.59. The molecular formula is C21H19N3S2. The van der Waals surface area contributed by atoms with E-state index in [2.05, 4.69) is 40.2 Å². The van der Waals surface area contributed by atoms with E-state index in [1.165, 1.54) is 22.8 Å². The molecule has 3 nitrogen and oxygen atoms in total. The van der Waals surface area contributed by atoms with Crippen LogP contribution in [-0.4, -0.2) is 29.6 Å². The predicted octanol–water partition coefficient (Wildman–Crippen LogP) is 5.21. The summed E-state index contributed by atoms with van der Waals surface area (Å²) in [6, 6.07) is 17.0. The minimum absolute atomic E-state index is 0.684. The Bertz CT molecular complexity index is 948. The van der Waals surface area contributed by atoms with Gasteiger partial charge in [-0.1, -0.05) is 24.3 Å². The summed E-state index contributed by atoms with van der Waals surface area (Å²) >= 11 is 3.66. The maximum atomic E-state index is 9.40. The third-order valence-corrected chi connectivity index (χ3v) is 6.58. The second kappa shape index (κ2) is 7.53. The first-order valence-electron chi connectivity index (χ1n) is 8.65. The first kappa shape index (κ1) is 17.1. The summed E-state index contributed by atoms with van der Waals surface area (Å²) < 4.78 is 0. The molecule has 5 heteroatoms. The Balaban J connectivity index is 1.59. The summed E-state index contributed by atoms with van der Waals surface area (Å²) in [6.07, 6.45) is 1.91. The first-order valence-corrected chi connectivity index (χ1v) is 10.6. The van der Waals surface area contributed by atoms with Gasteiger partial charge in [0.1, 0.15) is 5.01 Å². The summed E-state index contributed by atoms with van der Waals surface area (Å²) in [5.41, 5.74) is 5.16. The molecule has 1 aliphatic heterocycles. The lowest BCUT2D eigenvalue weighted by Gasteiger charge is -2.28. The molecule has 130 valence electrons. The van der Waals surface area contributed by atoms with Gasteiger partial charge in [0.15, 0.2) is 0 Å². The molecule has 0 spiro atoms. The standard InChI is InChI=1S/C21H19N3S2/c1-15-2-7-19(17(12-15)13-22)21-23-14-20(26-21)16-3-5-18(6-4-16)24-8-10-25-11-9-24/h2-7,12,14H,8-11H2,1H3. The van der Waals surface area contributed by atoms with Crippen LogP contribution in [0.15, 0.2) is 48.7 Å². The van der Waals surface area contributed by atoms with Crippen LogP contribution in [0.1, 0.15) is 11.1 Å². The molecule has 0 bridgehead atoms. The molecule has 0 saturated carbocycles. The normalized spacial score (nSPS) is 14.2. The van der Waals surface area contributed by atoms with Crippen molar-refractivity contribution in [3.63, 3.8) is 0 Å². The molecule has 0 unspecified atom stereocenters. The van der Waals surface area contributed by atoms with E-state index in [9.17, 15) is 5.26 Å². The minimum Gasteiger partial charge on any atom is -0.370 e. The number of hydrogen-bond donors (Lipinski definition) is 0. The monoisotopic (exact) mass is 377 g/mol. The Hall–Kier alpha value is -2.29. The molecule has 1 fully saturated rings. The average Bonchev–Trinajstić information content (AvgIpc) is 3.18. The zero-order chi connectivity index (χ0) is 17.9. The lowest BCUT2D eigenvalue weighted by atomic mass is 10.1. The fraction of sp³-hybridized carbons (Fsp3) is 0.238. The molecule has 1 saturated heterocycles. The van der Waals surface area contributed by atoms with Gasteiger partial charge in [-0.05, 0) is 36.2 Å². The lowest BCUT2D eigenvalue weighted by molar-refractivity contribution is 0.859. The van der Waals surface area contributed by atoms with E-state index in [4.69, 9.17) is 0 Å². The average molecular weight is 378 g/mol. The number of rotatable bonds is 3. The van der Waals surface area contributed by atoms with Gasteiger partial charge in [0.25, 0.3) is 0 Å². The van der Waals surface area contributed by atoms with E-state index in [1.54, 1.807) is 11.3 Å². The van der Waals surface area contributed by atoms with E-state index >= 15 is 0 Å². The maximum absolute atomic E-state index is 9.40. The van der Waals surface area contributed by atoms with Gasteiger partial charge in [-0.25, -0.2) is 4.98 Å². The van der Waals surface area contributed by atoms with Crippen LogP contribution >= 0.6 is 23.1 Å². The van der Waals surface area contributed by atoms with Gasteiger partial charge in [0.2, 0.25) is 0 Å². The van der Waals surface area contributed by atoms with Crippen molar-refractivity contribution in [3.05, 3.63) is 59.8 Å². The molecule has 1 aliphatic rings. The van der Waals surface area contributed by atoms with Crippen molar-refractivity contribution >= 4 is 28.8 Å². The van der Waals surface area contributed by atoms with Crippen molar-refractivity contribution < 1.29 is 0 Å². The highest BCUT2D eigenvalue weighted by Crippen LogP contribution is 2.34. The van der Waals surface area contributed by atoms with Crippen LogP contribution in [-0.2, 0) is 0 Å². The fourth-order valence-corrected chi connectivity index (χ4v) is 4.99. The Kier molecular flexibility index (Phi) is 4.96. The summed E-state index contributed by atoms with van der Waals surface area (Å²) in [4.78, 5) is 8.15. The quantitative estimate of drug-likeness (QED) is 0.628. The van der Waals surface area contributed by atoms with E-state index in [0.29, 0.717) is 5.56 Å². The third-order valence-electron chi connectivity index (χ3n) is 4.56. The van der Waals surface area contributed by atoms with Crippen LogP contribution in [0.4, 0.5) is 5.69 Å². The SMILES string of the molecule is Cc1ccc(-c2ncc(-c3ccc(N4CCSCC4)cc3)s2)c(C#N)c1. The van der Waals surface area contributed by atoms with Crippen molar-refractivity contribution in [2.75, 3.05) is 29.5 Å². The van der Waals surface area contributed by atoms with Gasteiger partial charge in [-0.3, -0.25) is 0 Å². The Morgan fingerprint density at radius 1 is 1.08 bits per heavy atom. The molecule has 0 amide bonds. The number of benzene rings is 2. The number of thioether (sulfide) groups is 1. The maximum Gasteiger partial charge on any atom is 0.125 e. The van der Waals surface area contributed by atoms with E-state index in [0.717, 1.165) is 34.1 Å². The highest BCUT2D eigenvalue weighted by molar-refractivity contribution is 7.99. The molecule has 2 heterocycles. The summed E-state index contributed by atoms with van der Waals surface area (Å²) in [6.45, 7) is 4.25. The molecule has 1 aromatic heterocycles. The zero-order valence-electron chi connectivity index (χ0n) is 14.6. The van der Waals surface area contributed by atoms with Gasteiger partial charge in [0, 0.05) is 42.0 Å². The van der Waals surface area contributed by atoms with E-state index < -0.39 is 0 Å². The molecule has 2 aromatic carbocycles. The second-order valence-electron chi connectivity index (χ2n) is 6.34. The highest BCUT2D eigenvalue weighted by atomic mass is 32.2. The highest BCUT2D eigenvalue weighted by Gasteiger charge is 2.13. The largest absolute Gasteiger partial charge is 0.370 e. The van der Waals surface area contributed by atoms with Crippen LogP contribution < -0.4 is 4.90 Å². The van der Waals surface area contributed by atoms with Gasteiger partial charge < -0.3 is 4.90 Å². The number of thiazole rings is 1. The van der Waals surface area contributed by atoms with Gasteiger partial charge in [-0.15, -0.1) is 11.3 Å². The molecular weight excluding hydrogens is 358 g/mol. The lowest BCUT2D eigenvalue weighted by Crippen LogP contribution is -2.32. The Morgan fingerprint density at radius 3 is 2.58 bits per heavy atom. The molecule has 0 N–H and O–H groups in total. The Labute approximate surface area is 162 Å². The van der Waals surface area contributed by atoms with Crippen molar-refractivity contribution in [2.45, 2.75) is 6.92 Å². The van der Waals surface area contributed by atoms with Crippen LogP contribution in [0.5, 0.6) is 0 Å². The molecule has 26 heavy (non-hydrogen) atoms. The van der Waals surface area contributed by atoms with Crippen LogP contribution in [0.3, 0.4) is 0 Å².